The van der Waals surface area contributed by atoms with Crippen molar-refractivity contribution in [3.05, 3.63) is 53.0 Å². The van der Waals surface area contributed by atoms with Gasteiger partial charge in [0.2, 0.25) is 5.91 Å². The molecule has 33 heavy (non-hydrogen) atoms. The van der Waals surface area contributed by atoms with Crippen LogP contribution in [0.1, 0.15) is 53.6 Å². The molecule has 2 aromatic rings. The molecule has 1 aliphatic heterocycles. The third-order valence-corrected chi connectivity index (χ3v) is 6.43. The summed E-state index contributed by atoms with van der Waals surface area (Å²) in [6.45, 7) is 10.8. The molecular formula is C25H35N5O2S. The van der Waals surface area contributed by atoms with Gasteiger partial charge in [-0.05, 0) is 44.4 Å². The highest BCUT2D eigenvalue weighted by atomic mass is 32.2. The van der Waals surface area contributed by atoms with Crippen LogP contribution in [0, 0.1) is 13.8 Å². The van der Waals surface area contributed by atoms with E-state index < -0.39 is 6.04 Å². The summed E-state index contributed by atoms with van der Waals surface area (Å²) in [5.74, 6) is 2.63. The van der Waals surface area contributed by atoms with Crippen LogP contribution in [-0.4, -0.2) is 70.9 Å². The van der Waals surface area contributed by atoms with Gasteiger partial charge in [0, 0.05) is 49.4 Å². The first-order valence-corrected chi connectivity index (χ1v) is 12.9. The predicted octanol–water partition coefficient (Wildman–Crippen LogP) is 3.42. The van der Waals surface area contributed by atoms with Crippen molar-refractivity contribution in [1.82, 2.24) is 20.2 Å². The zero-order valence-corrected chi connectivity index (χ0v) is 21.1. The summed E-state index contributed by atoms with van der Waals surface area (Å²) < 4.78 is 0. The first kappa shape index (κ1) is 25.0. The molecule has 2 heterocycles. The quantitative estimate of drug-likeness (QED) is 0.638. The summed E-state index contributed by atoms with van der Waals surface area (Å²) in [7, 11) is 0. The Kier molecular flexibility index (Phi) is 8.72. The van der Waals surface area contributed by atoms with E-state index in [0.29, 0.717) is 38.2 Å². The zero-order valence-electron chi connectivity index (χ0n) is 20.3. The van der Waals surface area contributed by atoms with Gasteiger partial charge in [0.15, 0.2) is 0 Å². The van der Waals surface area contributed by atoms with Crippen molar-refractivity contribution in [2.45, 2.75) is 46.1 Å². The van der Waals surface area contributed by atoms with Crippen LogP contribution < -0.4 is 10.2 Å². The fourth-order valence-corrected chi connectivity index (χ4v) is 4.36. The molecule has 7 nitrogen and oxygen atoms in total. The number of anilines is 1. The number of hydrogen-bond donors (Lipinski definition) is 1. The lowest BCUT2D eigenvalue weighted by atomic mass is 10.1. The van der Waals surface area contributed by atoms with Gasteiger partial charge in [0.05, 0.1) is 0 Å². The number of thioether (sulfide) groups is 1. The summed E-state index contributed by atoms with van der Waals surface area (Å²) >= 11 is 1.68. The number of aromatic nitrogens is 2. The Morgan fingerprint density at radius 1 is 1.09 bits per heavy atom. The van der Waals surface area contributed by atoms with Gasteiger partial charge in [0.25, 0.3) is 5.91 Å². The molecule has 0 bridgehead atoms. The van der Waals surface area contributed by atoms with Crippen LogP contribution in [0.2, 0.25) is 0 Å². The molecule has 0 radical (unpaired) electrons. The van der Waals surface area contributed by atoms with E-state index >= 15 is 0 Å². The molecule has 8 heteroatoms. The third kappa shape index (κ3) is 6.69. The highest BCUT2D eigenvalue weighted by Crippen LogP contribution is 2.19. The Morgan fingerprint density at radius 3 is 2.45 bits per heavy atom. The number of hydrogen-bond acceptors (Lipinski definition) is 6. The summed E-state index contributed by atoms with van der Waals surface area (Å²) in [4.78, 5) is 39.5. The minimum Gasteiger partial charge on any atom is -0.353 e. The number of piperazine rings is 1. The Bertz CT molecular complexity index is 973. The maximum Gasteiger partial charge on any atom is 0.251 e. The van der Waals surface area contributed by atoms with Gasteiger partial charge in [-0.15, -0.1) is 0 Å². The number of benzene rings is 1. The van der Waals surface area contributed by atoms with Crippen molar-refractivity contribution in [1.29, 1.82) is 0 Å². The number of aryl methyl sites for hydroxylation is 2. The smallest absolute Gasteiger partial charge is 0.251 e. The van der Waals surface area contributed by atoms with Crippen LogP contribution in [0.3, 0.4) is 0 Å². The standard InChI is InChI=1S/C25H35N5O2S/c1-17(2)23-26-19(4)16-22(28-23)29-10-12-30(13-11-29)25(32)21(9-14-33-5)27-24(31)20-8-6-7-18(3)15-20/h6-8,15-17,21H,9-14H2,1-5H3,(H,27,31). The number of nitrogens with zero attached hydrogens (tertiary/aromatic N) is 4. The zero-order chi connectivity index (χ0) is 24.0. The van der Waals surface area contributed by atoms with Crippen LogP contribution in [0.25, 0.3) is 0 Å². The van der Waals surface area contributed by atoms with Crippen molar-refractivity contribution in [3.8, 4) is 0 Å². The molecule has 0 spiro atoms. The molecule has 178 valence electrons. The monoisotopic (exact) mass is 469 g/mol. The molecule has 1 unspecified atom stereocenters. The van der Waals surface area contributed by atoms with E-state index in [2.05, 4.69) is 29.0 Å². The number of rotatable bonds is 8. The second kappa shape index (κ2) is 11.5. The molecule has 2 amide bonds. The van der Waals surface area contributed by atoms with Gasteiger partial charge in [-0.25, -0.2) is 9.97 Å². The second-order valence-electron chi connectivity index (χ2n) is 8.87. The first-order chi connectivity index (χ1) is 15.8. The average molecular weight is 470 g/mol. The van der Waals surface area contributed by atoms with Crippen molar-refractivity contribution in [2.75, 3.05) is 43.1 Å². The van der Waals surface area contributed by atoms with Crippen LogP contribution in [0.4, 0.5) is 5.82 Å². The summed E-state index contributed by atoms with van der Waals surface area (Å²) in [5, 5.41) is 2.98. The highest BCUT2D eigenvalue weighted by Gasteiger charge is 2.29. The topological polar surface area (TPSA) is 78.4 Å². The molecule has 1 atom stereocenters. The van der Waals surface area contributed by atoms with Crippen molar-refractivity contribution in [3.63, 3.8) is 0 Å². The van der Waals surface area contributed by atoms with Gasteiger partial charge >= 0.3 is 0 Å². The van der Waals surface area contributed by atoms with Crippen molar-refractivity contribution >= 4 is 29.4 Å². The van der Waals surface area contributed by atoms with E-state index in [1.807, 2.05) is 49.3 Å². The highest BCUT2D eigenvalue weighted by molar-refractivity contribution is 7.98. The lowest BCUT2D eigenvalue weighted by molar-refractivity contribution is -0.133. The Morgan fingerprint density at radius 2 is 1.82 bits per heavy atom. The van der Waals surface area contributed by atoms with Crippen LogP contribution in [0.5, 0.6) is 0 Å². The van der Waals surface area contributed by atoms with Crippen LogP contribution in [-0.2, 0) is 4.79 Å². The maximum atomic E-state index is 13.3. The fourth-order valence-electron chi connectivity index (χ4n) is 3.89. The molecule has 1 aromatic carbocycles. The van der Waals surface area contributed by atoms with E-state index in [0.717, 1.165) is 28.7 Å². The fraction of sp³-hybridized carbons (Fsp3) is 0.520. The number of carbonyl (C=O) groups is 2. The van der Waals surface area contributed by atoms with Gasteiger partial charge in [0.1, 0.15) is 17.7 Å². The van der Waals surface area contributed by atoms with E-state index in [1.165, 1.54) is 0 Å². The normalized spacial score (nSPS) is 15.0. The minimum absolute atomic E-state index is 0.00793. The first-order valence-electron chi connectivity index (χ1n) is 11.5. The molecular weight excluding hydrogens is 434 g/mol. The van der Waals surface area contributed by atoms with Gasteiger partial charge in [-0.2, -0.15) is 11.8 Å². The van der Waals surface area contributed by atoms with Gasteiger partial charge < -0.3 is 15.1 Å². The van der Waals surface area contributed by atoms with E-state index in [4.69, 9.17) is 4.98 Å². The Hall–Kier alpha value is -2.61. The SMILES string of the molecule is CSCCC(NC(=O)c1cccc(C)c1)C(=O)N1CCN(c2cc(C)nc(C(C)C)n2)CC1. The second-order valence-corrected chi connectivity index (χ2v) is 9.86. The third-order valence-electron chi connectivity index (χ3n) is 5.78. The van der Waals surface area contributed by atoms with Crippen molar-refractivity contribution in [2.24, 2.45) is 0 Å². The molecule has 1 aliphatic rings. The largest absolute Gasteiger partial charge is 0.353 e. The lowest BCUT2D eigenvalue weighted by Gasteiger charge is -2.37. The molecule has 1 saturated heterocycles. The molecule has 1 N–H and O–H groups in total. The van der Waals surface area contributed by atoms with Gasteiger partial charge in [-0.3, -0.25) is 9.59 Å². The van der Waals surface area contributed by atoms with Gasteiger partial charge in [-0.1, -0.05) is 31.5 Å². The number of amides is 2. The number of nitrogens with one attached hydrogen (secondary N) is 1. The van der Waals surface area contributed by atoms with E-state index in [9.17, 15) is 9.59 Å². The maximum absolute atomic E-state index is 13.3. The average Bonchev–Trinajstić information content (AvgIpc) is 2.80. The Balaban J connectivity index is 1.65. The summed E-state index contributed by atoms with van der Waals surface area (Å²) in [5.41, 5.74) is 2.56. The molecule has 0 aliphatic carbocycles. The number of carbonyl (C=O) groups excluding carboxylic acids is 2. The molecule has 1 fully saturated rings. The molecule has 3 rings (SSSR count). The minimum atomic E-state index is -0.522. The van der Waals surface area contributed by atoms with E-state index in [1.54, 1.807) is 17.8 Å². The van der Waals surface area contributed by atoms with E-state index in [-0.39, 0.29) is 17.7 Å². The van der Waals surface area contributed by atoms with Crippen molar-refractivity contribution < 1.29 is 9.59 Å². The Labute approximate surface area is 201 Å². The predicted molar refractivity (Wildman–Crippen MR) is 135 cm³/mol. The molecule has 1 aromatic heterocycles. The lowest BCUT2D eigenvalue weighted by Crippen LogP contribution is -2.55. The summed E-state index contributed by atoms with van der Waals surface area (Å²) in [6, 6.07) is 8.93. The molecule has 0 saturated carbocycles. The van der Waals surface area contributed by atoms with Crippen LogP contribution in [0.15, 0.2) is 30.3 Å². The summed E-state index contributed by atoms with van der Waals surface area (Å²) in [6.07, 6.45) is 2.62. The van der Waals surface area contributed by atoms with Crippen LogP contribution >= 0.6 is 11.8 Å².